The summed E-state index contributed by atoms with van der Waals surface area (Å²) in [5.41, 5.74) is 5.94. The molecule has 0 fully saturated rings. The van der Waals surface area contributed by atoms with Gasteiger partial charge in [0.25, 0.3) is 6.43 Å². The Bertz CT molecular complexity index is 292. The van der Waals surface area contributed by atoms with Gasteiger partial charge in [0.05, 0.1) is 18.4 Å². The highest BCUT2D eigenvalue weighted by molar-refractivity contribution is 5.34. The topological polar surface area (TPSA) is 55.0 Å². The zero-order valence-electron chi connectivity index (χ0n) is 7.82. The van der Waals surface area contributed by atoms with E-state index >= 15 is 0 Å². The smallest absolute Gasteiger partial charge is 0.255 e. The molecule has 0 saturated carbocycles. The molecule has 0 spiro atoms. The van der Waals surface area contributed by atoms with Gasteiger partial charge in [-0.1, -0.05) is 0 Å². The van der Waals surface area contributed by atoms with Crippen LogP contribution in [0.4, 0.5) is 14.6 Å². The monoisotopic (exact) mass is 202 g/mol. The first-order chi connectivity index (χ1) is 6.63. The lowest BCUT2D eigenvalue weighted by Crippen LogP contribution is -2.25. The maximum Gasteiger partial charge on any atom is 0.255 e. The van der Waals surface area contributed by atoms with Crippen molar-refractivity contribution in [1.82, 2.24) is 9.97 Å². The zero-order valence-corrected chi connectivity index (χ0v) is 7.82. The molecule has 1 aromatic heterocycles. The maximum atomic E-state index is 12.0. The minimum atomic E-state index is -2.39. The molecule has 0 amide bonds. The first-order valence-electron chi connectivity index (χ1n) is 4.13. The van der Waals surface area contributed by atoms with Gasteiger partial charge in [-0.15, -0.1) is 0 Å². The van der Waals surface area contributed by atoms with E-state index in [4.69, 9.17) is 5.73 Å². The summed E-state index contributed by atoms with van der Waals surface area (Å²) in [6.45, 7) is -0.105. The van der Waals surface area contributed by atoms with Gasteiger partial charge in [-0.2, -0.15) is 0 Å². The lowest BCUT2D eigenvalue weighted by Gasteiger charge is -2.17. The fourth-order valence-electron chi connectivity index (χ4n) is 0.978. The molecule has 4 nitrogen and oxygen atoms in total. The number of anilines is 1. The largest absolute Gasteiger partial charge is 0.353 e. The van der Waals surface area contributed by atoms with Crippen LogP contribution in [0.15, 0.2) is 12.4 Å². The second-order valence-electron chi connectivity index (χ2n) is 2.84. The van der Waals surface area contributed by atoms with E-state index in [9.17, 15) is 8.78 Å². The third kappa shape index (κ3) is 2.88. The fraction of sp³-hybridized carbons (Fsp3) is 0.500. The highest BCUT2D eigenvalue weighted by Crippen LogP contribution is 2.09. The van der Waals surface area contributed by atoms with Crippen LogP contribution in [0, 0.1) is 0 Å². The van der Waals surface area contributed by atoms with Crippen LogP contribution in [0.2, 0.25) is 0 Å². The molecule has 0 aromatic carbocycles. The Morgan fingerprint density at radius 1 is 1.50 bits per heavy atom. The number of rotatable bonds is 4. The molecule has 2 N–H and O–H groups in total. The van der Waals surface area contributed by atoms with Gasteiger partial charge in [-0.25, -0.2) is 13.8 Å². The number of aromatic nitrogens is 2. The first kappa shape index (κ1) is 10.8. The van der Waals surface area contributed by atoms with Crippen LogP contribution in [0.3, 0.4) is 0 Å². The van der Waals surface area contributed by atoms with Gasteiger partial charge in [0.1, 0.15) is 5.82 Å². The second-order valence-corrected chi connectivity index (χ2v) is 2.84. The van der Waals surface area contributed by atoms with Crippen molar-refractivity contribution in [3.8, 4) is 0 Å². The predicted molar refractivity (Wildman–Crippen MR) is 49.2 cm³/mol. The highest BCUT2D eigenvalue weighted by atomic mass is 19.3. The molecular formula is C8H12F2N4. The molecule has 0 atom stereocenters. The molecule has 6 heteroatoms. The van der Waals surface area contributed by atoms with Crippen molar-refractivity contribution < 1.29 is 8.78 Å². The maximum absolute atomic E-state index is 12.0. The Hall–Kier alpha value is -1.30. The molecule has 0 aliphatic rings. The molecule has 78 valence electrons. The van der Waals surface area contributed by atoms with Crippen molar-refractivity contribution in [2.45, 2.75) is 13.0 Å². The summed E-state index contributed by atoms with van der Waals surface area (Å²) in [7, 11) is 1.54. The van der Waals surface area contributed by atoms with Crippen LogP contribution in [-0.4, -0.2) is 30.0 Å². The summed E-state index contributed by atoms with van der Waals surface area (Å²) in [6.07, 6.45) is 0.560. The van der Waals surface area contributed by atoms with Crippen molar-refractivity contribution in [1.29, 1.82) is 0 Å². The van der Waals surface area contributed by atoms with E-state index in [0.29, 0.717) is 11.5 Å². The van der Waals surface area contributed by atoms with Gasteiger partial charge in [0, 0.05) is 19.8 Å². The average Bonchev–Trinajstić information content (AvgIpc) is 2.17. The van der Waals surface area contributed by atoms with Crippen molar-refractivity contribution in [3.63, 3.8) is 0 Å². The third-order valence-corrected chi connectivity index (χ3v) is 1.68. The van der Waals surface area contributed by atoms with E-state index in [1.807, 2.05) is 0 Å². The lowest BCUT2D eigenvalue weighted by molar-refractivity contribution is 0.156. The Balaban J connectivity index is 2.73. The van der Waals surface area contributed by atoms with E-state index in [1.165, 1.54) is 24.3 Å². The van der Waals surface area contributed by atoms with E-state index in [-0.39, 0.29) is 13.1 Å². The summed E-state index contributed by atoms with van der Waals surface area (Å²) in [5, 5.41) is 0. The van der Waals surface area contributed by atoms with Gasteiger partial charge in [-0.3, -0.25) is 4.98 Å². The highest BCUT2D eigenvalue weighted by Gasteiger charge is 2.09. The quantitative estimate of drug-likeness (QED) is 0.778. The van der Waals surface area contributed by atoms with Gasteiger partial charge in [0.2, 0.25) is 0 Å². The van der Waals surface area contributed by atoms with Crippen molar-refractivity contribution >= 4 is 5.82 Å². The van der Waals surface area contributed by atoms with Crippen LogP contribution in [0.5, 0.6) is 0 Å². The molecule has 0 aliphatic heterocycles. The summed E-state index contributed by atoms with van der Waals surface area (Å²) in [5.74, 6) is 0.410. The van der Waals surface area contributed by atoms with Gasteiger partial charge in [0.15, 0.2) is 0 Å². The summed E-state index contributed by atoms with van der Waals surface area (Å²) in [6, 6.07) is 0. The van der Waals surface area contributed by atoms with Crippen LogP contribution in [0.25, 0.3) is 0 Å². The van der Waals surface area contributed by atoms with E-state index in [0.717, 1.165) is 0 Å². The minimum absolute atomic E-state index is 0.253. The summed E-state index contributed by atoms with van der Waals surface area (Å²) >= 11 is 0. The number of nitrogens with zero attached hydrogens (tertiary/aromatic N) is 3. The number of hydrogen-bond donors (Lipinski definition) is 1. The first-order valence-corrected chi connectivity index (χ1v) is 4.13. The van der Waals surface area contributed by atoms with E-state index in [2.05, 4.69) is 9.97 Å². The number of nitrogens with two attached hydrogens (primary N) is 1. The van der Waals surface area contributed by atoms with Crippen molar-refractivity contribution in [2.75, 3.05) is 18.5 Å². The van der Waals surface area contributed by atoms with Crippen LogP contribution < -0.4 is 10.6 Å². The molecular weight excluding hydrogens is 190 g/mol. The normalized spacial score (nSPS) is 10.6. The molecule has 0 saturated heterocycles. The standard InChI is InChI=1S/C8H12F2N4/c1-14(5-7(9)10)8-4-12-3-6(2-11)13-8/h3-4,7H,2,5,11H2,1H3. The van der Waals surface area contributed by atoms with Crippen molar-refractivity contribution in [3.05, 3.63) is 18.1 Å². The Kier molecular flexibility index (Phi) is 3.70. The molecule has 1 aromatic rings. The molecule has 0 unspecified atom stereocenters. The SMILES string of the molecule is CN(CC(F)F)c1cncc(CN)n1. The molecule has 1 rings (SSSR count). The summed E-state index contributed by atoms with van der Waals surface area (Å²) in [4.78, 5) is 9.25. The zero-order chi connectivity index (χ0) is 10.6. The summed E-state index contributed by atoms with van der Waals surface area (Å²) < 4.78 is 24.1. The molecule has 0 radical (unpaired) electrons. The van der Waals surface area contributed by atoms with Crippen LogP contribution in [0.1, 0.15) is 5.69 Å². The third-order valence-electron chi connectivity index (χ3n) is 1.68. The van der Waals surface area contributed by atoms with Gasteiger partial charge < -0.3 is 10.6 Å². The van der Waals surface area contributed by atoms with Crippen LogP contribution in [-0.2, 0) is 6.54 Å². The Morgan fingerprint density at radius 2 is 2.21 bits per heavy atom. The Labute approximate surface area is 80.8 Å². The van der Waals surface area contributed by atoms with Crippen LogP contribution >= 0.6 is 0 Å². The van der Waals surface area contributed by atoms with Crippen molar-refractivity contribution in [2.24, 2.45) is 5.73 Å². The predicted octanol–water partition coefficient (Wildman–Crippen LogP) is 0.637. The van der Waals surface area contributed by atoms with E-state index < -0.39 is 6.43 Å². The van der Waals surface area contributed by atoms with Gasteiger partial charge in [-0.05, 0) is 0 Å². The number of alkyl halides is 2. The number of halogens is 2. The lowest BCUT2D eigenvalue weighted by atomic mass is 10.4. The molecule has 14 heavy (non-hydrogen) atoms. The van der Waals surface area contributed by atoms with Gasteiger partial charge >= 0.3 is 0 Å². The second kappa shape index (κ2) is 4.80. The fourth-order valence-corrected chi connectivity index (χ4v) is 0.978. The van der Waals surface area contributed by atoms with E-state index in [1.54, 1.807) is 0 Å². The Morgan fingerprint density at radius 3 is 2.79 bits per heavy atom. The molecule has 1 heterocycles. The average molecular weight is 202 g/mol. The minimum Gasteiger partial charge on any atom is -0.353 e. The molecule has 0 bridgehead atoms. The molecule has 0 aliphatic carbocycles. The number of hydrogen-bond acceptors (Lipinski definition) is 4.